The topological polar surface area (TPSA) is 45.7 Å². The first-order valence-corrected chi connectivity index (χ1v) is 8.45. The number of hydrogen-bond acceptors (Lipinski definition) is 3. The average Bonchev–Trinajstić information content (AvgIpc) is 3.04. The van der Waals surface area contributed by atoms with Gasteiger partial charge in [-0.1, -0.05) is 18.2 Å². The van der Waals surface area contributed by atoms with E-state index in [1.807, 2.05) is 18.2 Å². The molecule has 126 valence electrons. The summed E-state index contributed by atoms with van der Waals surface area (Å²) in [6.45, 7) is 6.96. The van der Waals surface area contributed by atoms with Crippen molar-refractivity contribution < 1.29 is 4.74 Å². The Labute approximate surface area is 159 Å². The lowest BCUT2D eigenvalue weighted by Gasteiger charge is -2.12. The van der Waals surface area contributed by atoms with E-state index in [4.69, 9.17) is 4.74 Å². The minimum absolute atomic E-state index is 0. The summed E-state index contributed by atoms with van der Waals surface area (Å²) in [5.74, 6) is 1.76. The Morgan fingerprint density at radius 3 is 2.74 bits per heavy atom. The second-order valence-corrected chi connectivity index (χ2v) is 5.65. The molecule has 0 bridgehead atoms. The molecule has 6 heteroatoms. The molecule has 2 aromatic rings. The number of thiophene rings is 1. The zero-order chi connectivity index (χ0) is 15.6. The van der Waals surface area contributed by atoms with E-state index in [0.29, 0.717) is 19.7 Å². The van der Waals surface area contributed by atoms with Crippen LogP contribution in [0.3, 0.4) is 0 Å². The van der Waals surface area contributed by atoms with E-state index < -0.39 is 0 Å². The molecule has 2 N–H and O–H groups in total. The minimum atomic E-state index is 0. The molecule has 2 rings (SSSR count). The molecule has 0 aliphatic heterocycles. The highest BCUT2D eigenvalue weighted by Crippen LogP contribution is 2.15. The Bertz CT molecular complexity index is 587. The lowest BCUT2D eigenvalue weighted by molar-refractivity contribution is 0.320. The maximum atomic E-state index is 5.77. The van der Waals surface area contributed by atoms with Crippen LogP contribution >= 0.6 is 35.3 Å². The number of aryl methyl sites for hydroxylation is 1. The number of halogens is 1. The van der Waals surface area contributed by atoms with Crippen LogP contribution in [0, 0.1) is 6.92 Å². The van der Waals surface area contributed by atoms with Gasteiger partial charge >= 0.3 is 0 Å². The molecule has 0 aliphatic carbocycles. The molecular weight excluding hydrogens is 421 g/mol. The molecule has 1 aromatic heterocycles. The lowest BCUT2D eigenvalue weighted by atomic mass is 10.2. The number of nitrogens with one attached hydrogen (secondary N) is 2. The lowest BCUT2D eigenvalue weighted by Crippen LogP contribution is -2.39. The molecular formula is C17H24IN3OS. The van der Waals surface area contributed by atoms with Gasteiger partial charge in [-0.05, 0) is 47.9 Å². The summed E-state index contributed by atoms with van der Waals surface area (Å²) >= 11 is 1.69. The van der Waals surface area contributed by atoms with E-state index in [1.54, 1.807) is 11.3 Å². The van der Waals surface area contributed by atoms with E-state index in [0.717, 1.165) is 23.8 Å². The fraction of sp³-hybridized carbons (Fsp3) is 0.353. The van der Waals surface area contributed by atoms with Crippen LogP contribution in [0.15, 0.2) is 46.1 Å². The van der Waals surface area contributed by atoms with Gasteiger partial charge in [0.15, 0.2) is 5.96 Å². The molecule has 0 saturated carbocycles. The van der Waals surface area contributed by atoms with Gasteiger partial charge in [-0.2, -0.15) is 11.3 Å². The van der Waals surface area contributed by atoms with Crippen LogP contribution in [0.25, 0.3) is 0 Å². The van der Waals surface area contributed by atoms with Crippen LogP contribution in [-0.2, 0) is 6.54 Å². The van der Waals surface area contributed by atoms with Crippen LogP contribution in [0.4, 0.5) is 0 Å². The summed E-state index contributed by atoms with van der Waals surface area (Å²) in [6.07, 6.45) is 0. The Kier molecular flexibility index (Phi) is 9.70. The van der Waals surface area contributed by atoms with E-state index in [-0.39, 0.29) is 24.0 Å². The number of rotatable bonds is 7. The van der Waals surface area contributed by atoms with Crippen LogP contribution in [-0.4, -0.2) is 25.7 Å². The molecule has 1 aromatic carbocycles. The van der Waals surface area contributed by atoms with E-state index in [2.05, 4.69) is 52.4 Å². The first kappa shape index (κ1) is 19.8. The summed E-state index contributed by atoms with van der Waals surface area (Å²) in [6, 6.07) is 10.1. The summed E-state index contributed by atoms with van der Waals surface area (Å²) < 4.78 is 5.77. The number of ether oxygens (including phenoxy) is 1. The fourth-order valence-corrected chi connectivity index (χ4v) is 2.60. The van der Waals surface area contributed by atoms with Crippen molar-refractivity contribution >= 4 is 41.3 Å². The number of aliphatic imine (C=N–C) groups is 1. The first-order chi connectivity index (χ1) is 10.8. The van der Waals surface area contributed by atoms with Gasteiger partial charge in [-0.25, -0.2) is 4.99 Å². The van der Waals surface area contributed by atoms with Crippen molar-refractivity contribution in [1.82, 2.24) is 10.6 Å². The monoisotopic (exact) mass is 445 g/mol. The third-order valence-electron chi connectivity index (χ3n) is 3.09. The van der Waals surface area contributed by atoms with Crippen LogP contribution in [0.2, 0.25) is 0 Å². The van der Waals surface area contributed by atoms with Gasteiger partial charge in [0.2, 0.25) is 0 Å². The van der Waals surface area contributed by atoms with Gasteiger partial charge in [0.1, 0.15) is 12.4 Å². The number of para-hydroxylation sites is 1. The first-order valence-electron chi connectivity index (χ1n) is 7.51. The van der Waals surface area contributed by atoms with E-state index in [1.165, 1.54) is 5.56 Å². The standard InChI is InChI=1S/C17H23N3OS.HI/c1-3-18-17(20-12-15-8-11-22-13-15)19-9-10-21-16-7-5-4-6-14(16)2;/h4-8,11,13H,3,9-10,12H2,1-2H3,(H2,18,19,20);1H. The summed E-state index contributed by atoms with van der Waals surface area (Å²) in [7, 11) is 0. The molecule has 0 unspecified atom stereocenters. The molecule has 0 atom stereocenters. The van der Waals surface area contributed by atoms with Gasteiger partial charge in [-0.3, -0.25) is 0 Å². The molecule has 0 saturated heterocycles. The predicted molar refractivity (Wildman–Crippen MR) is 109 cm³/mol. The molecule has 4 nitrogen and oxygen atoms in total. The summed E-state index contributed by atoms with van der Waals surface area (Å²) in [4.78, 5) is 4.56. The molecule has 1 heterocycles. The Balaban J connectivity index is 0.00000264. The third-order valence-corrected chi connectivity index (χ3v) is 3.82. The Hall–Kier alpha value is -1.28. The van der Waals surface area contributed by atoms with Crippen molar-refractivity contribution in [2.24, 2.45) is 4.99 Å². The maximum Gasteiger partial charge on any atom is 0.191 e. The zero-order valence-electron chi connectivity index (χ0n) is 13.5. The smallest absolute Gasteiger partial charge is 0.191 e. The Morgan fingerprint density at radius 2 is 2.04 bits per heavy atom. The summed E-state index contributed by atoms with van der Waals surface area (Å²) in [5, 5.41) is 10.7. The van der Waals surface area contributed by atoms with Crippen LogP contribution < -0.4 is 15.4 Å². The highest BCUT2D eigenvalue weighted by atomic mass is 127. The van der Waals surface area contributed by atoms with Gasteiger partial charge in [-0.15, -0.1) is 24.0 Å². The number of hydrogen-bond donors (Lipinski definition) is 2. The molecule has 0 spiro atoms. The minimum Gasteiger partial charge on any atom is -0.491 e. The van der Waals surface area contributed by atoms with E-state index >= 15 is 0 Å². The number of nitrogens with zero attached hydrogens (tertiary/aromatic N) is 1. The van der Waals surface area contributed by atoms with Crippen molar-refractivity contribution in [3.63, 3.8) is 0 Å². The highest BCUT2D eigenvalue weighted by Gasteiger charge is 2.00. The molecule has 0 radical (unpaired) electrons. The Morgan fingerprint density at radius 1 is 1.22 bits per heavy atom. The molecule has 23 heavy (non-hydrogen) atoms. The quantitative estimate of drug-likeness (QED) is 0.295. The van der Waals surface area contributed by atoms with Crippen molar-refractivity contribution in [3.05, 3.63) is 52.2 Å². The third kappa shape index (κ3) is 7.22. The summed E-state index contributed by atoms with van der Waals surface area (Å²) in [5.41, 5.74) is 2.39. The molecule has 0 fully saturated rings. The number of benzene rings is 1. The van der Waals surface area contributed by atoms with Gasteiger partial charge in [0.05, 0.1) is 13.1 Å². The van der Waals surface area contributed by atoms with Crippen molar-refractivity contribution in [1.29, 1.82) is 0 Å². The van der Waals surface area contributed by atoms with Crippen molar-refractivity contribution in [2.45, 2.75) is 20.4 Å². The molecule has 0 amide bonds. The second-order valence-electron chi connectivity index (χ2n) is 4.87. The SMILES string of the molecule is CCNC(=NCc1ccsc1)NCCOc1ccccc1C.I. The largest absolute Gasteiger partial charge is 0.491 e. The number of guanidine groups is 1. The second kappa shape index (κ2) is 11.3. The van der Waals surface area contributed by atoms with Crippen molar-refractivity contribution in [2.75, 3.05) is 19.7 Å². The van der Waals surface area contributed by atoms with Crippen LogP contribution in [0.1, 0.15) is 18.1 Å². The molecule has 0 aliphatic rings. The average molecular weight is 445 g/mol. The predicted octanol–water partition coefficient (Wildman–Crippen LogP) is 3.81. The van der Waals surface area contributed by atoms with E-state index in [9.17, 15) is 0 Å². The van der Waals surface area contributed by atoms with Crippen LogP contribution in [0.5, 0.6) is 5.75 Å². The highest BCUT2D eigenvalue weighted by molar-refractivity contribution is 14.0. The normalized spacial score (nSPS) is 10.8. The van der Waals surface area contributed by atoms with Gasteiger partial charge in [0.25, 0.3) is 0 Å². The fourth-order valence-electron chi connectivity index (χ4n) is 1.94. The zero-order valence-corrected chi connectivity index (χ0v) is 16.7. The van der Waals surface area contributed by atoms with Gasteiger partial charge in [0, 0.05) is 6.54 Å². The van der Waals surface area contributed by atoms with Gasteiger partial charge < -0.3 is 15.4 Å². The maximum absolute atomic E-state index is 5.77. The van der Waals surface area contributed by atoms with Crippen molar-refractivity contribution in [3.8, 4) is 5.75 Å².